The Hall–Kier alpha value is -0.940. The van der Waals surface area contributed by atoms with Crippen LogP contribution in [0.25, 0.3) is 0 Å². The maximum absolute atomic E-state index is 11.2. The molecule has 1 rings (SSSR count). The molecule has 1 unspecified atom stereocenters. The van der Waals surface area contributed by atoms with E-state index in [0.717, 1.165) is 12.8 Å². The first-order chi connectivity index (χ1) is 6.52. The Kier molecular flexibility index (Phi) is 3.60. The molecule has 1 fully saturated rings. The fraction of sp³-hybridized carbons (Fsp3) is 0.778. The van der Waals surface area contributed by atoms with Gasteiger partial charge < -0.3 is 16.6 Å². The van der Waals surface area contributed by atoms with Crippen LogP contribution in [-0.4, -0.2) is 28.9 Å². The Morgan fingerprint density at radius 1 is 1.64 bits per heavy atom. The van der Waals surface area contributed by atoms with Crippen LogP contribution in [0.5, 0.6) is 0 Å². The standard InChI is InChI=1S/C9H16N2O3/c10-6(8(13)9(11)14)4-5-2-1-3-7(5)12/h5-6,8,13H,1-4,10H2,(H2,11,14)/t5-,6-,8?/m0/s1. The Morgan fingerprint density at radius 2 is 2.29 bits per heavy atom. The lowest BCUT2D eigenvalue weighted by atomic mass is 9.95. The lowest BCUT2D eigenvalue weighted by Crippen LogP contribution is -2.45. The molecule has 3 atom stereocenters. The van der Waals surface area contributed by atoms with Crippen LogP contribution in [0.4, 0.5) is 0 Å². The van der Waals surface area contributed by atoms with Crippen LogP contribution in [-0.2, 0) is 9.59 Å². The third-order valence-corrected chi connectivity index (χ3v) is 2.68. The van der Waals surface area contributed by atoms with E-state index in [2.05, 4.69) is 0 Å². The topological polar surface area (TPSA) is 106 Å². The molecular weight excluding hydrogens is 184 g/mol. The monoisotopic (exact) mass is 200 g/mol. The molecular formula is C9H16N2O3. The number of primary amides is 1. The van der Waals surface area contributed by atoms with E-state index in [9.17, 15) is 14.7 Å². The molecule has 1 aliphatic rings. The van der Waals surface area contributed by atoms with E-state index in [-0.39, 0.29) is 11.7 Å². The SMILES string of the molecule is NC(=O)C(O)[C@@H](N)C[C@@H]1CCCC1=O. The van der Waals surface area contributed by atoms with Crippen molar-refractivity contribution in [2.45, 2.75) is 37.8 Å². The number of ketones is 1. The predicted octanol–water partition coefficient (Wildman–Crippen LogP) is -1.08. The number of carbonyl (C=O) groups is 2. The minimum atomic E-state index is -1.34. The first-order valence-corrected chi connectivity index (χ1v) is 4.78. The molecule has 5 nitrogen and oxygen atoms in total. The number of hydrogen-bond acceptors (Lipinski definition) is 4. The Labute approximate surface area is 82.5 Å². The van der Waals surface area contributed by atoms with Crippen LogP contribution < -0.4 is 11.5 Å². The molecule has 0 aliphatic heterocycles. The summed E-state index contributed by atoms with van der Waals surface area (Å²) in [5.41, 5.74) is 10.4. The van der Waals surface area contributed by atoms with Crippen molar-refractivity contribution < 1.29 is 14.7 Å². The van der Waals surface area contributed by atoms with Crippen molar-refractivity contribution in [2.24, 2.45) is 17.4 Å². The first kappa shape index (κ1) is 11.1. The number of hydrogen-bond donors (Lipinski definition) is 3. The predicted molar refractivity (Wildman–Crippen MR) is 50.1 cm³/mol. The average molecular weight is 200 g/mol. The maximum atomic E-state index is 11.2. The number of aliphatic hydroxyl groups is 1. The fourth-order valence-electron chi connectivity index (χ4n) is 1.81. The lowest BCUT2D eigenvalue weighted by Gasteiger charge is -2.18. The highest BCUT2D eigenvalue weighted by Crippen LogP contribution is 2.25. The van der Waals surface area contributed by atoms with Crippen LogP contribution in [0.15, 0.2) is 0 Å². The molecule has 0 saturated heterocycles. The van der Waals surface area contributed by atoms with Gasteiger partial charge in [-0.05, 0) is 19.3 Å². The quantitative estimate of drug-likeness (QED) is 0.536. The van der Waals surface area contributed by atoms with Crippen molar-refractivity contribution in [1.82, 2.24) is 0 Å². The van der Waals surface area contributed by atoms with Crippen LogP contribution >= 0.6 is 0 Å². The molecule has 0 aromatic carbocycles. The average Bonchev–Trinajstić information content (AvgIpc) is 2.50. The van der Waals surface area contributed by atoms with Crippen molar-refractivity contribution in [3.8, 4) is 0 Å². The van der Waals surface area contributed by atoms with Crippen molar-refractivity contribution in [3.05, 3.63) is 0 Å². The highest BCUT2D eigenvalue weighted by atomic mass is 16.3. The molecule has 1 amide bonds. The van der Waals surface area contributed by atoms with E-state index in [1.807, 2.05) is 0 Å². The summed E-state index contributed by atoms with van der Waals surface area (Å²) in [4.78, 5) is 21.9. The van der Waals surface area contributed by atoms with Gasteiger partial charge in [0.05, 0.1) is 0 Å². The van der Waals surface area contributed by atoms with Gasteiger partial charge in [0.25, 0.3) is 0 Å². The summed E-state index contributed by atoms with van der Waals surface area (Å²) in [6.07, 6.45) is 1.27. The second-order valence-electron chi connectivity index (χ2n) is 3.80. The second-order valence-corrected chi connectivity index (χ2v) is 3.80. The minimum absolute atomic E-state index is 0.0981. The number of Topliss-reactive ketones (excluding diaryl/α,β-unsaturated/α-hetero) is 1. The molecule has 0 spiro atoms. The van der Waals surface area contributed by atoms with Gasteiger partial charge in [-0.25, -0.2) is 0 Å². The maximum Gasteiger partial charge on any atom is 0.247 e. The van der Waals surface area contributed by atoms with E-state index in [4.69, 9.17) is 11.5 Å². The highest BCUT2D eigenvalue weighted by molar-refractivity contribution is 5.83. The molecule has 0 aromatic rings. The summed E-state index contributed by atoms with van der Waals surface area (Å²) in [6.45, 7) is 0. The number of nitrogens with two attached hydrogens (primary N) is 2. The van der Waals surface area contributed by atoms with Gasteiger partial charge in [0.2, 0.25) is 5.91 Å². The minimum Gasteiger partial charge on any atom is -0.382 e. The fourth-order valence-corrected chi connectivity index (χ4v) is 1.81. The van der Waals surface area contributed by atoms with Gasteiger partial charge in [0, 0.05) is 18.4 Å². The number of aliphatic hydroxyl groups excluding tert-OH is 1. The van der Waals surface area contributed by atoms with Crippen molar-refractivity contribution in [2.75, 3.05) is 0 Å². The van der Waals surface area contributed by atoms with Crippen LogP contribution in [0.3, 0.4) is 0 Å². The van der Waals surface area contributed by atoms with Gasteiger partial charge in [-0.3, -0.25) is 9.59 Å². The molecule has 5 heteroatoms. The first-order valence-electron chi connectivity index (χ1n) is 4.78. The molecule has 1 aliphatic carbocycles. The third kappa shape index (κ3) is 2.52. The number of rotatable bonds is 4. The van der Waals surface area contributed by atoms with Crippen molar-refractivity contribution in [3.63, 3.8) is 0 Å². The molecule has 1 saturated carbocycles. The number of amides is 1. The van der Waals surface area contributed by atoms with Crippen molar-refractivity contribution >= 4 is 11.7 Å². The normalized spacial score (nSPS) is 26.1. The van der Waals surface area contributed by atoms with Gasteiger partial charge in [0.15, 0.2) is 0 Å². The molecule has 80 valence electrons. The van der Waals surface area contributed by atoms with Crippen molar-refractivity contribution in [1.29, 1.82) is 0 Å². The van der Waals surface area contributed by atoms with Gasteiger partial charge in [-0.15, -0.1) is 0 Å². The zero-order chi connectivity index (χ0) is 10.7. The highest BCUT2D eigenvalue weighted by Gasteiger charge is 2.30. The molecule has 0 aromatic heterocycles. The third-order valence-electron chi connectivity index (χ3n) is 2.68. The van der Waals surface area contributed by atoms with Gasteiger partial charge in [-0.2, -0.15) is 0 Å². The molecule has 14 heavy (non-hydrogen) atoms. The molecule has 5 N–H and O–H groups in total. The number of carbonyl (C=O) groups excluding carboxylic acids is 2. The van der Waals surface area contributed by atoms with E-state index < -0.39 is 18.1 Å². The smallest absolute Gasteiger partial charge is 0.247 e. The molecule has 0 bridgehead atoms. The Morgan fingerprint density at radius 3 is 2.71 bits per heavy atom. The Balaban J connectivity index is 2.43. The van der Waals surface area contributed by atoms with Crippen LogP contribution in [0, 0.1) is 5.92 Å². The molecule has 0 radical (unpaired) electrons. The summed E-state index contributed by atoms with van der Waals surface area (Å²) < 4.78 is 0. The second kappa shape index (κ2) is 4.52. The van der Waals surface area contributed by atoms with E-state index >= 15 is 0 Å². The summed E-state index contributed by atoms with van der Waals surface area (Å²) in [7, 11) is 0. The summed E-state index contributed by atoms with van der Waals surface area (Å²) in [6, 6.07) is -0.723. The lowest BCUT2D eigenvalue weighted by molar-refractivity contribution is -0.128. The van der Waals surface area contributed by atoms with Gasteiger partial charge in [-0.1, -0.05) is 0 Å². The van der Waals surface area contributed by atoms with Gasteiger partial charge >= 0.3 is 0 Å². The van der Waals surface area contributed by atoms with Crippen LogP contribution in [0.1, 0.15) is 25.7 Å². The summed E-state index contributed by atoms with van der Waals surface area (Å²) in [5.74, 6) is -0.751. The van der Waals surface area contributed by atoms with Crippen LogP contribution in [0.2, 0.25) is 0 Å². The zero-order valence-corrected chi connectivity index (χ0v) is 7.98. The van der Waals surface area contributed by atoms with E-state index in [1.54, 1.807) is 0 Å². The largest absolute Gasteiger partial charge is 0.382 e. The molecule has 0 heterocycles. The summed E-state index contributed by atoms with van der Waals surface area (Å²) in [5, 5.41) is 9.23. The van der Waals surface area contributed by atoms with E-state index in [1.165, 1.54) is 0 Å². The Bertz CT molecular complexity index is 242. The van der Waals surface area contributed by atoms with Gasteiger partial charge in [0.1, 0.15) is 11.9 Å². The van der Waals surface area contributed by atoms with E-state index in [0.29, 0.717) is 12.8 Å². The zero-order valence-electron chi connectivity index (χ0n) is 7.98. The summed E-state index contributed by atoms with van der Waals surface area (Å²) >= 11 is 0.